The third-order valence-corrected chi connectivity index (χ3v) is 5.56. The van der Waals surface area contributed by atoms with E-state index in [0.717, 1.165) is 55.4 Å². The van der Waals surface area contributed by atoms with Gasteiger partial charge in [-0.3, -0.25) is 4.79 Å². The van der Waals surface area contributed by atoms with E-state index in [1.807, 2.05) is 23.4 Å². The van der Waals surface area contributed by atoms with E-state index >= 15 is 0 Å². The summed E-state index contributed by atoms with van der Waals surface area (Å²) in [6, 6.07) is 0. The van der Waals surface area contributed by atoms with E-state index < -0.39 is 0 Å². The van der Waals surface area contributed by atoms with Crippen molar-refractivity contribution in [2.45, 2.75) is 51.8 Å². The molecule has 0 aromatic carbocycles. The van der Waals surface area contributed by atoms with Crippen LogP contribution in [0.5, 0.6) is 0 Å². The number of hydrogen-bond donors (Lipinski definition) is 0. The molecule has 2 aromatic rings. The molecule has 1 fully saturated rings. The Bertz CT molecular complexity index is 711. The highest BCUT2D eigenvalue weighted by atomic mass is 32.1. The van der Waals surface area contributed by atoms with Crippen LogP contribution in [0.1, 0.15) is 46.3 Å². The molecular formula is C17H22N4O2S. The highest BCUT2D eigenvalue weighted by Gasteiger charge is 2.27. The number of fused-ring (bicyclic) bond motifs is 1. The predicted octanol–water partition coefficient (Wildman–Crippen LogP) is 2.42. The van der Waals surface area contributed by atoms with E-state index in [1.54, 1.807) is 11.3 Å². The Balaban J connectivity index is 1.54. The Kier molecular flexibility index (Phi) is 4.37. The molecule has 4 rings (SSSR count). The quantitative estimate of drug-likeness (QED) is 0.834. The zero-order valence-electron chi connectivity index (χ0n) is 13.9. The number of carbonyl (C=O) groups is 1. The molecule has 128 valence electrons. The van der Waals surface area contributed by atoms with E-state index in [9.17, 15) is 4.79 Å². The zero-order chi connectivity index (χ0) is 16.5. The summed E-state index contributed by atoms with van der Waals surface area (Å²) in [5.41, 5.74) is 1.55. The van der Waals surface area contributed by atoms with Crippen molar-refractivity contribution in [3.05, 3.63) is 33.8 Å². The molecule has 0 N–H and O–H groups in total. The summed E-state index contributed by atoms with van der Waals surface area (Å²) in [5, 5.41) is 2.99. The second-order valence-corrected chi connectivity index (χ2v) is 7.49. The van der Waals surface area contributed by atoms with E-state index in [-0.39, 0.29) is 12.0 Å². The average Bonchev–Trinajstić information content (AvgIpc) is 3.30. The van der Waals surface area contributed by atoms with Gasteiger partial charge in [-0.15, -0.1) is 11.3 Å². The Hall–Kier alpha value is -1.73. The summed E-state index contributed by atoms with van der Waals surface area (Å²) < 4.78 is 7.84. The van der Waals surface area contributed by atoms with Gasteiger partial charge in [0.2, 0.25) is 0 Å². The summed E-state index contributed by atoms with van der Waals surface area (Å²) >= 11 is 1.60. The molecule has 2 aliphatic rings. The minimum Gasteiger partial charge on any atom is -0.376 e. The van der Waals surface area contributed by atoms with Gasteiger partial charge in [0.1, 0.15) is 16.5 Å². The number of aryl methyl sites for hydroxylation is 3. The normalized spacial score (nSPS) is 19.6. The van der Waals surface area contributed by atoms with Crippen molar-refractivity contribution in [3.63, 3.8) is 0 Å². The van der Waals surface area contributed by atoms with Gasteiger partial charge in [-0.05, 0) is 26.2 Å². The van der Waals surface area contributed by atoms with Crippen molar-refractivity contribution in [3.8, 4) is 0 Å². The molecule has 6 nitrogen and oxygen atoms in total. The fourth-order valence-electron chi connectivity index (χ4n) is 3.41. The lowest BCUT2D eigenvalue weighted by molar-refractivity contribution is 0.0503. The number of carbonyl (C=O) groups excluding carboxylic acids is 1. The first-order valence-corrected chi connectivity index (χ1v) is 9.45. The van der Waals surface area contributed by atoms with Gasteiger partial charge in [-0.1, -0.05) is 0 Å². The number of nitrogens with zero attached hydrogens (tertiary/aromatic N) is 4. The van der Waals surface area contributed by atoms with E-state index in [1.165, 1.54) is 0 Å². The average molecular weight is 346 g/mol. The molecule has 0 radical (unpaired) electrons. The molecule has 2 aliphatic heterocycles. The molecule has 0 spiro atoms. The number of amides is 1. The second-order valence-electron chi connectivity index (χ2n) is 6.54. The van der Waals surface area contributed by atoms with Crippen LogP contribution in [0.3, 0.4) is 0 Å². The van der Waals surface area contributed by atoms with Gasteiger partial charge >= 0.3 is 0 Å². The molecule has 0 bridgehead atoms. The van der Waals surface area contributed by atoms with Crippen molar-refractivity contribution < 1.29 is 9.53 Å². The van der Waals surface area contributed by atoms with Crippen LogP contribution >= 0.6 is 11.3 Å². The van der Waals surface area contributed by atoms with Crippen molar-refractivity contribution in [1.29, 1.82) is 0 Å². The Morgan fingerprint density at radius 3 is 3.08 bits per heavy atom. The van der Waals surface area contributed by atoms with Crippen molar-refractivity contribution >= 4 is 17.2 Å². The maximum absolute atomic E-state index is 13.0. The largest absolute Gasteiger partial charge is 0.376 e. The number of imidazole rings is 1. The van der Waals surface area contributed by atoms with Crippen LogP contribution in [-0.2, 0) is 24.2 Å². The van der Waals surface area contributed by atoms with Crippen LogP contribution in [0, 0.1) is 6.92 Å². The van der Waals surface area contributed by atoms with Gasteiger partial charge in [-0.25, -0.2) is 9.97 Å². The minimum atomic E-state index is -0.0137. The number of aromatic nitrogens is 3. The van der Waals surface area contributed by atoms with Gasteiger partial charge in [0.15, 0.2) is 0 Å². The van der Waals surface area contributed by atoms with Gasteiger partial charge in [0.25, 0.3) is 5.91 Å². The van der Waals surface area contributed by atoms with Crippen LogP contribution in [0.25, 0.3) is 0 Å². The molecule has 4 heterocycles. The van der Waals surface area contributed by atoms with E-state index in [0.29, 0.717) is 18.8 Å². The molecule has 0 saturated carbocycles. The molecule has 1 saturated heterocycles. The first kappa shape index (κ1) is 15.8. The zero-order valence-corrected chi connectivity index (χ0v) is 14.7. The fraction of sp³-hybridized carbons (Fsp3) is 0.588. The summed E-state index contributed by atoms with van der Waals surface area (Å²) in [4.78, 5) is 23.9. The lowest BCUT2D eigenvalue weighted by atomic mass is 10.2. The van der Waals surface area contributed by atoms with Crippen LogP contribution in [0.15, 0.2) is 11.6 Å². The molecule has 2 aromatic heterocycles. The van der Waals surface area contributed by atoms with Crippen molar-refractivity contribution in [2.75, 3.05) is 13.2 Å². The smallest absolute Gasteiger partial charge is 0.274 e. The molecule has 1 atom stereocenters. The lowest BCUT2D eigenvalue weighted by Crippen LogP contribution is -2.37. The summed E-state index contributed by atoms with van der Waals surface area (Å²) in [6.07, 6.45) is 6.20. The minimum absolute atomic E-state index is 0.0137. The van der Waals surface area contributed by atoms with Crippen molar-refractivity contribution in [2.24, 2.45) is 0 Å². The molecule has 1 unspecified atom stereocenters. The molecule has 0 aliphatic carbocycles. The Morgan fingerprint density at radius 2 is 2.38 bits per heavy atom. The molecular weight excluding hydrogens is 324 g/mol. The highest BCUT2D eigenvalue weighted by Crippen LogP contribution is 2.20. The van der Waals surface area contributed by atoms with E-state index in [4.69, 9.17) is 4.74 Å². The van der Waals surface area contributed by atoms with Crippen LogP contribution in [0.2, 0.25) is 0 Å². The summed E-state index contributed by atoms with van der Waals surface area (Å²) in [7, 11) is 0. The van der Waals surface area contributed by atoms with Gasteiger partial charge < -0.3 is 14.2 Å². The maximum Gasteiger partial charge on any atom is 0.274 e. The lowest BCUT2D eigenvalue weighted by Gasteiger charge is -2.24. The Morgan fingerprint density at radius 1 is 1.46 bits per heavy atom. The van der Waals surface area contributed by atoms with Gasteiger partial charge in [0.05, 0.1) is 12.6 Å². The fourth-order valence-corrected chi connectivity index (χ4v) is 4.20. The first-order valence-electron chi connectivity index (χ1n) is 8.57. The number of thiazole rings is 1. The van der Waals surface area contributed by atoms with Gasteiger partial charge in [-0.2, -0.15) is 0 Å². The monoisotopic (exact) mass is 346 g/mol. The Labute approximate surface area is 145 Å². The predicted molar refractivity (Wildman–Crippen MR) is 91.1 cm³/mol. The standard InChI is InChI=1S/C17H22N4O2S/c1-12-11-24-16(18-12)10-21(8-13-4-3-7-23-13)17(22)14-9-20-6-2-5-15(20)19-14/h9,11,13H,2-8,10H2,1H3. The summed E-state index contributed by atoms with van der Waals surface area (Å²) in [5.74, 6) is 1.01. The van der Waals surface area contributed by atoms with Crippen LogP contribution in [0.4, 0.5) is 0 Å². The second kappa shape index (κ2) is 6.64. The SMILES string of the molecule is Cc1csc(CN(CC2CCCO2)C(=O)c2cn3c(n2)CCC3)n1. The van der Waals surface area contributed by atoms with Crippen LogP contribution in [-0.4, -0.2) is 44.6 Å². The number of ether oxygens (including phenoxy) is 1. The van der Waals surface area contributed by atoms with Crippen molar-refractivity contribution in [1.82, 2.24) is 19.4 Å². The van der Waals surface area contributed by atoms with Gasteiger partial charge in [0, 0.05) is 43.4 Å². The molecule has 7 heteroatoms. The first-order chi connectivity index (χ1) is 11.7. The molecule has 24 heavy (non-hydrogen) atoms. The third-order valence-electron chi connectivity index (χ3n) is 4.61. The molecule has 1 amide bonds. The number of rotatable bonds is 5. The third kappa shape index (κ3) is 3.23. The van der Waals surface area contributed by atoms with E-state index in [2.05, 4.69) is 14.5 Å². The van der Waals surface area contributed by atoms with Crippen LogP contribution < -0.4 is 0 Å². The highest BCUT2D eigenvalue weighted by molar-refractivity contribution is 7.09. The maximum atomic E-state index is 13.0. The topological polar surface area (TPSA) is 60.2 Å². The number of hydrogen-bond acceptors (Lipinski definition) is 5. The summed E-state index contributed by atoms with van der Waals surface area (Å²) in [6.45, 7) is 4.88.